The lowest BCUT2D eigenvalue weighted by Gasteiger charge is -2.41. The van der Waals surface area contributed by atoms with Crippen LogP contribution in [-0.2, 0) is 14.4 Å². The number of fused-ring (bicyclic) bond motifs is 1. The van der Waals surface area contributed by atoms with Crippen LogP contribution in [0.15, 0.2) is 25.3 Å². The number of nitrogens with zero attached hydrogens (tertiary/aromatic N) is 3. The first kappa shape index (κ1) is 29.8. The highest BCUT2D eigenvalue weighted by atomic mass is 32.2. The second-order valence-corrected chi connectivity index (χ2v) is 12.7. The quantitative estimate of drug-likeness (QED) is 0.256. The Labute approximate surface area is 227 Å². The number of carbonyl (C=O) groups is 3. The van der Waals surface area contributed by atoms with Crippen LogP contribution in [0.1, 0.15) is 66.2 Å². The van der Waals surface area contributed by atoms with Crippen LogP contribution in [0.25, 0.3) is 0 Å². The van der Waals surface area contributed by atoms with Gasteiger partial charge in [0, 0.05) is 44.1 Å². The van der Waals surface area contributed by atoms with E-state index in [9.17, 15) is 14.4 Å². The molecule has 0 radical (unpaired) electrons. The molecular formula is C29H47N3O4S. The molecule has 3 heterocycles. The molecule has 3 aliphatic rings. The van der Waals surface area contributed by atoms with E-state index in [0.29, 0.717) is 26.2 Å². The van der Waals surface area contributed by atoms with Crippen LogP contribution in [0.3, 0.4) is 0 Å². The van der Waals surface area contributed by atoms with E-state index in [2.05, 4.69) is 27.0 Å². The Morgan fingerprint density at radius 2 is 1.84 bits per heavy atom. The molecule has 3 amide bonds. The number of carbonyl (C=O) groups excluding carboxylic acids is 3. The summed E-state index contributed by atoms with van der Waals surface area (Å²) in [6.07, 6.45) is 8.49. The Hall–Kier alpha value is -1.80. The zero-order valence-corrected chi connectivity index (χ0v) is 24.0. The summed E-state index contributed by atoms with van der Waals surface area (Å²) in [5, 5.41) is 9.19. The fourth-order valence-electron chi connectivity index (χ4n) is 6.85. The maximum atomic E-state index is 14.3. The van der Waals surface area contributed by atoms with Crippen LogP contribution in [0.4, 0.5) is 0 Å². The summed E-state index contributed by atoms with van der Waals surface area (Å²) in [6, 6.07) is -0.599. The molecule has 0 aromatic carbocycles. The van der Waals surface area contributed by atoms with Gasteiger partial charge in [0.15, 0.2) is 0 Å². The van der Waals surface area contributed by atoms with Crippen molar-refractivity contribution in [2.45, 2.75) is 88.3 Å². The number of hydrogen-bond acceptors (Lipinski definition) is 5. The Balaban J connectivity index is 2.01. The molecule has 3 saturated heterocycles. The molecule has 1 N–H and O–H groups in total. The largest absolute Gasteiger partial charge is 0.396 e. The van der Waals surface area contributed by atoms with E-state index in [1.165, 1.54) is 0 Å². The normalized spacial score (nSPS) is 30.1. The number of hydrogen-bond donors (Lipinski definition) is 1. The highest BCUT2D eigenvalue weighted by Crippen LogP contribution is 2.69. The van der Waals surface area contributed by atoms with E-state index >= 15 is 0 Å². The molecule has 3 fully saturated rings. The van der Waals surface area contributed by atoms with E-state index in [-0.39, 0.29) is 41.5 Å². The summed E-state index contributed by atoms with van der Waals surface area (Å²) in [5.41, 5.74) is 0. The minimum atomic E-state index is -0.593. The van der Waals surface area contributed by atoms with Crippen LogP contribution in [-0.4, -0.2) is 92.4 Å². The van der Waals surface area contributed by atoms with Crippen molar-refractivity contribution in [2.75, 3.05) is 32.8 Å². The molecule has 3 rings (SSSR count). The molecule has 37 heavy (non-hydrogen) atoms. The lowest BCUT2D eigenvalue weighted by Crippen LogP contribution is -2.58. The second kappa shape index (κ2) is 12.8. The van der Waals surface area contributed by atoms with Crippen LogP contribution >= 0.6 is 11.8 Å². The third-order valence-corrected chi connectivity index (χ3v) is 10.5. The Bertz CT molecular complexity index is 864. The van der Waals surface area contributed by atoms with Gasteiger partial charge in [-0.2, -0.15) is 0 Å². The number of aliphatic hydroxyl groups is 1. The number of rotatable bonds is 15. The van der Waals surface area contributed by atoms with Gasteiger partial charge in [0.1, 0.15) is 6.04 Å². The Morgan fingerprint density at radius 3 is 2.43 bits per heavy atom. The fraction of sp³-hybridized carbons (Fsp3) is 0.759. The molecule has 8 heteroatoms. The first-order valence-corrected chi connectivity index (χ1v) is 15.0. The number of aliphatic hydroxyl groups excluding tert-OH is 1. The van der Waals surface area contributed by atoms with E-state index in [1.807, 2.05) is 28.5 Å². The molecule has 0 aromatic rings. The summed E-state index contributed by atoms with van der Waals surface area (Å²) in [6.45, 7) is 18.1. The highest BCUT2D eigenvalue weighted by Gasteiger charge is 2.76. The van der Waals surface area contributed by atoms with Gasteiger partial charge in [0.2, 0.25) is 17.7 Å². The van der Waals surface area contributed by atoms with Crippen molar-refractivity contribution in [3.63, 3.8) is 0 Å². The number of amides is 3. The van der Waals surface area contributed by atoms with Crippen LogP contribution in [0.2, 0.25) is 0 Å². The predicted molar refractivity (Wildman–Crippen MR) is 150 cm³/mol. The Kier molecular flexibility index (Phi) is 10.3. The molecule has 6 atom stereocenters. The molecule has 3 aliphatic heterocycles. The lowest BCUT2D eigenvalue weighted by molar-refractivity contribution is -0.145. The van der Waals surface area contributed by atoms with Gasteiger partial charge in [-0.15, -0.1) is 24.9 Å². The summed E-state index contributed by atoms with van der Waals surface area (Å²) in [4.78, 5) is 48.0. The van der Waals surface area contributed by atoms with Crippen LogP contribution in [0.5, 0.6) is 0 Å². The van der Waals surface area contributed by atoms with Crippen molar-refractivity contribution >= 4 is 29.5 Å². The number of thioether (sulfide) groups is 1. The smallest absolute Gasteiger partial charge is 0.247 e. The van der Waals surface area contributed by atoms with Gasteiger partial charge in [-0.3, -0.25) is 14.4 Å². The first-order chi connectivity index (χ1) is 17.7. The van der Waals surface area contributed by atoms with Gasteiger partial charge in [0.25, 0.3) is 0 Å². The van der Waals surface area contributed by atoms with E-state index in [4.69, 9.17) is 5.11 Å². The van der Waals surface area contributed by atoms with Crippen molar-refractivity contribution in [2.24, 2.45) is 17.8 Å². The summed E-state index contributed by atoms with van der Waals surface area (Å²) in [7, 11) is 0. The van der Waals surface area contributed by atoms with Gasteiger partial charge in [-0.25, -0.2) is 0 Å². The van der Waals surface area contributed by atoms with E-state index in [1.54, 1.807) is 23.9 Å². The average molecular weight is 534 g/mol. The zero-order chi connectivity index (χ0) is 27.3. The Morgan fingerprint density at radius 1 is 1.16 bits per heavy atom. The number of unbranched alkanes of at least 4 members (excludes halogenated alkanes) is 3. The monoisotopic (exact) mass is 533 g/mol. The van der Waals surface area contributed by atoms with Crippen LogP contribution < -0.4 is 0 Å². The predicted octanol–water partition coefficient (Wildman–Crippen LogP) is 3.72. The van der Waals surface area contributed by atoms with Gasteiger partial charge in [-0.05, 0) is 45.4 Å². The third-order valence-electron chi connectivity index (χ3n) is 8.46. The van der Waals surface area contributed by atoms with E-state index in [0.717, 1.165) is 38.5 Å². The van der Waals surface area contributed by atoms with Crippen LogP contribution in [0, 0.1) is 17.8 Å². The fourth-order valence-corrected chi connectivity index (χ4v) is 9.26. The van der Waals surface area contributed by atoms with Gasteiger partial charge in [-0.1, -0.05) is 38.8 Å². The van der Waals surface area contributed by atoms with Gasteiger partial charge in [0.05, 0.1) is 16.6 Å². The molecular weight excluding hydrogens is 486 g/mol. The molecule has 0 saturated carbocycles. The van der Waals surface area contributed by atoms with Gasteiger partial charge < -0.3 is 19.8 Å². The van der Waals surface area contributed by atoms with Crippen molar-refractivity contribution in [3.05, 3.63) is 25.3 Å². The molecule has 3 unspecified atom stereocenters. The van der Waals surface area contributed by atoms with Crippen molar-refractivity contribution in [3.8, 4) is 0 Å². The summed E-state index contributed by atoms with van der Waals surface area (Å²) in [5.74, 6) is -0.739. The topological polar surface area (TPSA) is 81.2 Å². The molecule has 7 nitrogen and oxygen atoms in total. The van der Waals surface area contributed by atoms with Gasteiger partial charge >= 0.3 is 0 Å². The lowest BCUT2D eigenvalue weighted by atomic mass is 9.65. The minimum absolute atomic E-state index is 0.0218. The molecule has 0 aliphatic carbocycles. The molecule has 2 bridgehead atoms. The minimum Gasteiger partial charge on any atom is -0.396 e. The number of likely N-dealkylation sites (tertiary alicyclic amines) is 1. The molecule has 0 aromatic heterocycles. The summed E-state index contributed by atoms with van der Waals surface area (Å²) >= 11 is 1.74. The highest BCUT2D eigenvalue weighted by molar-refractivity contribution is 8.02. The van der Waals surface area contributed by atoms with Crippen molar-refractivity contribution < 1.29 is 19.5 Å². The van der Waals surface area contributed by atoms with Crippen molar-refractivity contribution in [1.29, 1.82) is 0 Å². The second-order valence-electron chi connectivity index (χ2n) is 11.2. The van der Waals surface area contributed by atoms with Crippen molar-refractivity contribution in [1.82, 2.24) is 14.7 Å². The SMILES string of the molecule is C=CCN(CCC)C(=O)[C@@H]1[C@H]2C(=O)N(CCCCCCO)C(C(=O)N(CC=C)C(C)C)C23S[C@@H]1CC3C. The third kappa shape index (κ3) is 5.38. The van der Waals surface area contributed by atoms with E-state index < -0.39 is 22.6 Å². The zero-order valence-electron chi connectivity index (χ0n) is 23.2. The summed E-state index contributed by atoms with van der Waals surface area (Å²) < 4.78 is -0.593. The maximum absolute atomic E-state index is 14.3. The molecule has 208 valence electrons. The first-order valence-electron chi connectivity index (χ1n) is 14.1. The molecule has 1 spiro atoms. The average Bonchev–Trinajstić information content (AvgIpc) is 3.45. The standard InChI is InChI=1S/C29H47N3O4S/c1-7-14-30(15-8-2)26(34)23-22-19-21(6)29(37-22)24(23)27(35)32(17-12-10-11-13-18-33)25(29)28(36)31(16-9-3)20(4)5/h7,9,20-25,33H,1,3,8,10-19H2,2,4-6H3/t21?,22-,23+,24+,25?,29?/m1/s1. The maximum Gasteiger partial charge on any atom is 0.247 e.